The lowest BCUT2D eigenvalue weighted by molar-refractivity contribution is -0.139. The molecule has 0 aliphatic rings. The van der Waals surface area contributed by atoms with E-state index in [9.17, 15) is 4.79 Å². The van der Waals surface area contributed by atoms with Crippen LogP contribution in [0.25, 0.3) is 0 Å². The summed E-state index contributed by atoms with van der Waals surface area (Å²) in [6.07, 6.45) is 2.65. The highest BCUT2D eigenvalue weighted by molar-refractivity contribution is 5.81. The van der Waals surface area contributed by atoms with Crippen LogP contribution in [0.2, 0.25) is 0 Å². The maximum Gasteiger partial charge on any atom is 0.334 e. The molecule has 0 amide bonds. The lowest BCUT2D eigenvalue weighted by atomic mass is 10.2. The summed E-state index contributed by atoms with van der Waals surface area (Å²) < 4.78 is 10.3. The van der Waals surface area contributed by atoms with Crippen molar-refractivity contribution in [3.8, 4) is 0 Å². The third kappa shape index (κ3) is 4.98. The standard InChI is InChI=1S/C17H16O3/c18-17(20-14-16-9-5-2-6-10-16)11-12-19-13-15-7-3-1-4-8-15/h1-12H,13-14H2/b12-11+. The van der Waals surface area contributed by atoms with E-state index in [4.69, 9.17) is 9.47 Å². The summed E-state index contributed by atoms with van der Waals surface area (Å²) in [6.45, 7) is 0.700. The van der Waals surface area contributed by atoms with Crippen molar-refractivity contribution in [1.82, 2.24) is 0 Å². The maximum atomic E-state index is 11.4. The second-order valence-corrected chi connectivity index (χ2v) is 4.19. The Hall–Kier alpha value is -2.55. The van der Waals surface area contributed by atoms with Gasteiger partial charge in [0, 0.05) is 0 Å². The summed E-state index contributed by atoms with van der Waals surface area (Å²) in [5, 5.41) is 0. The predicted octanol–water partition coefficient (Wildman–Crippen LogP) is 3.46. The molecule has 0 heterocycles. The fraction of sp³-hybridized carbons (Fsp3) is 0.118. The van der Waals surface area contributed by atoms with Crippen LogP contribution in [0.4, 0.5) is 0 Å². The van der Waals surface area contributed by atoms with Gasteiger partial charge in [0.15, 0.2) is 0 Å². The molecule has 0 aliphatic carbocycles. The number of rotatable bonds is 6. The van der Waals surface area contributed by atoms with Crippen molar-refractivity contribution in [3.05, 3.63) is 84.1 Å². The lowest BCUT2D eigenvalue weighted by Crippen LogP contribution is -2.00. The molecule has 3 nitrogen and oxygen atoms in total. The van der Waals surface area contributed by atoms with Crippen molar-refractivity contribution < 1.29 is 14.3 Å². The molecule has 102 valence electrons. The van der Waals surface area contributed by atoms with E-state index in [0.29, 0.717) is 6.61 Å². The zero-order chi connectivity index (χ0) is 14.0. The molecule has 0 saturated carbocycles. The Bertz CT molecular complexity index is 547. The zero-order valence-electron chi connectivity index (χ0n) is 11.1. The number of ether oxygens (including phenoxy) is 2. The van der Waals surface area contributed by atoms with Crippen LogP contribution < -0.4 is 0 Å². The smallest absolute Gasteiger partial charge is 0.334 e. The molecule has 2 aromatic carbocycles. The van der Waals surface area contributed by atoms with Crippen LogP contribution in [0.1, 0.15) is 11.1 Å². The second-order valence-electron chi connectivity index (χ2n) is 4.19. The quantitative estimate of drug-likeness (QED) is 0.457. The van der Waals surface area contributed by atoms with Crippen molar-refractivity contribution in [3.63, 3.8) is 0 Å². The molecule has 3 heteroatoms. The topological polar surface area (TPSA) is 35.5 Å². The first-order chi connectivity index (χ1) is 9.84. The van der Waals surface area contributed by atoms with E-state index >= 15 is 0 Å². The zero-order valence-corrected chi connectivity index (χ0v) is 11.1. The SMILES string of the molecule is O=C(/C=C/OCc1ccccc1)OCc1ccccc1. The van der Waals surface area contributed by atoms with Crippen LogP contribution in [0, 0.1) is 0 Å². The average molecular weight is 268 g/mol. The minimum Gasteiger partial charge on any atom is -0.496 e. The van der Waals surface area contributed by atoms with Gasteiger partial charge in [-0.25, -0.2) is 4.79 Å². The summed E-state index contributed by atoms with van der Waals surface area (Å²) in [6, 6.07) is 19.3. The van der Waals surface area contributed by atoms with Crippen molar-refractivity contribution in [2.24, 2.45) is 0 Å². The Morgan fingerprint density at radius 1 is 0.850 bits per heavy atom. The van der Waals surface area contributed by atoms with Crippen LogP contribution in [-0.4, -0.2) is 5.97 Å². The minimum atomic E-state index is -0.415. The Balaban J connectivity index is 1.68. The Morgan fingerprint density at radius 3 is 2.00 bits per heavy atom. The predicted molar refractivity (Wildman–Crippen MR) is 76.6 cm³/mol. The van der Waals surface area contributed by atoms with E-state index in [1.54, 1.807) is 0 Å². The van der Waals surface area contributed by atoms with E-state index in [-0.39, 0.29) is 6.61 Å². The molecule has 20 heavy (non-hydrogen) atoms. The molecular formula is C17H16O3. The molecule has 0 aliphatic heterocycles. The van der Waals surface area contributed by atoms with Crippen molar-refractivity contribution >= 4 is 5.97 Å². The van der Waals surface area contributed by atoms with E-state index in [0.717, 1.165) is 11.1 Å². The average Bonchev–Trinajstić information content (AvgIpc) is 2.52. The van der Waals surface area contributed by atoms with Gasteiger partial charge in [-0.15, -0.1) is 0 Å². The summed E-state index contributed by atoms with van der Waals surface area (Å²) in [4.78, 5) is 11.4. The van der Waals surface area contributed by atoms with Gasteiger partial charge < -0.3 is 9.47 Å². The number of carbonyl (C=O) groups is 1. The van der Waals surface area contributed by atoms with Gasteiger partial charge >= 0.3 is 5.97 Å². The fourth-order valence-corrected chi connectivity index (χ4v) is 1.60. The van der Waals surface area contributed by atoms with Gasteiger partial charge in [-0.05, 0) is 11.1 Å². The van der Waals surface area contributed by atoms with E-state index < -0.39 is 5.97 Å². The molecule has 0 fully saturated rings. The fourth-order valence-electron chi connectivity index (χ4n) is 1.60. The van der Waals surface area contributed by atoms with Gasteiger partial charge in [-0.2, -0.15) is 0 Å². The largest absolute Gasteiger partial charge is 0.496 e. The summed E-state index contributed by atoms with van der Waals surface area (Å²) >= 11 is 0. The van der Waals surface area contributed by atoms with Crippen LogP contribution in [0.3, 0.4) is 0 Å². The van der Waals surface area contributed by atoms with Gasteiger partial charge in [0.25, 0.3) is 0 Å². The van der Waals surface area contributed by atoms with Gasteiger partial charge in [-0.3, -0.25) is 0 Å². The molecule has 0 N–H and O–H groups in total. The van der Waals surface area contributed by atoms with Crippen LogP contribution in [-0.2, 0) is 27.5 Å². The first kappa shape index (κ1) is 13.9. The van der Waals surface area contributed by atoms with Gasteiger partial charge in [0.05, 0.1) is 12.3 Å². The highest BCUT2D eigenvalue weighted by Gasteiger charge is 1.98. The van der Waals surface area contributed by atoms with Gasteiger partial charge in [0.2, 0.25) is 0 Å². The molecule has 0 saturated heterocycles. The van der Waals surface area contributed by atoms with Gasteiger partial charge in [0.1, 0.15) is 13.2 Å². The van der Waals surface area contributed by atoms with Crippen molar-refractivity contribution in [2.45, 2.75) is 13.2 Å². The monoisotopic (exact) mass is 268 g/mol. The summed E-state index contributed by atoms with van der Waals surface area (Å²) in [7, 11) is 0. The van der Waals surface area contributed by atoms with Crippen LogP contribution >= 0.6 is 0 Å². The van der Waals surface area contributed by atoms with E-state index in [1.165, 1.54) is 12.3 Å². The van der Waals surface area contributed by atoms with Crippen molar-refractivity contribution in [2.75, 3.05) is 0 Å². The van der Waals surface area contributed by atoms with Crippen molar-refractivity contribution in [1.29, 1.82) is 0 Å². The minimum absolute atomic E-state index is 0.267. The summed E-state index contributed by atoms with van der Waals surface area (Å²) in [5.41, 5.74) is 2.01. The second kappa shape index (κ2) is 7.79. The van der Waals surface area contributed by atoms with Crippen LogP contribution in [0.15, 0.2) is 73.0 Å². The first-order valence-corrected chi connectivity index (χ1v) is 6.37. The number of hydrogen-bond acceptors (Lipinski definition) is 3. The molecular weight excluding hydrogens is 252 g/mol. The number of esters is 1. The normalized spacial score (nSPS) is 10.4. The molecule has 0 atom stereocenters. The Kier molecular flexibility index (Phi) is 5.40. The highest BCUT2D eigenvalue weighted by atomic mass is 16.5. The molecule has 0 unspecified atom stereocenters. The van der Waals surface area contributed by atoms with E-state index in [2.05, 4.69) is 0 Å². The third-order valence-corrected chi connectivity index (χ3v) is 2.62. The first-order valence-electron chi connectivity index (χ1n) is 6.37. The number of carbonyl (C=O) groups excluding carboxylic acids is 1. The molecule has 0 spiro atoms. The molecule has 0 aromatic heterocycles. The lowest BCUT2D eigenvalue weighted by Gasteiger charge is -2.02. The molecule has 2 rings (SSSR count). The summed E-state index contributed by atoms with van der Waals surface area (Å²) in [5.74, 6) is -0.415. The van der Waals surface area contributed by atoms with Gasteiger partial charge in [-0.1, -0.05) is 60.7 Å². The Morgan fingerprint density at radius 2 is 1.40 bits per heavy atom. The third-order valence-electron chi connectivity index (χ3n) is 2.62. The highest BCUT2D eigenvalue weighted by Crippen LogP contribution is 2.02. The van der Waals surface area contributed by atoms with E-state index in [1.807, 2.05) is 60.7 Å². The number of hydrogen-bond donors (Lipinski definition) is 0. The molecule has 0 radical (unpaired) electrons. The maximum absolute atomic E-state index is 11.4. The van der Waals surface area contributed by atoms with Crippen LogP contribution in [0.5, 0.6) is 0 Å². The molecule has 0 bridgehead atoms. The number of benzene rings is 2. The Labute approximate surface area is 118 Å². The molecule has 2 aromatic rings.